The van der Waals surface area contributed by atoms with Crippen molar-refractivity contribution >= 4 is 5.82 Å². The van der Waals surface area contributed by atoms with E-state index in [9.17, 15) is 20.3 Å². The molecule has 0 unspecified atom stereocenters. The van der Waals surface area contributed by atoms with Crippen LogP contribution in [0, 0.1) is 10.1 Å². The van der Waals surface area contributed by atoms with Gasteiger partial charge in [-0.25, -0.2) is 0 Å². The molecule has 1 fully saturated rings. The molecule has 17 heavy (non-hydrogen) atoms. The number of nitro groups is 1. The predicted molar refractivity (Wildman–Crippen MR) is 51.9 cm³/mol. The summed E-state index contributed by atoms with van der Waals surface area (Å²) in [5, 5.41) is 42.0. The van der Waals surface area contributed by atoms with Crippen molar-refractivity contribution in [2.75, 3.05) is 6.61 Å². The second-order valence-electron chi connectivity index (χ2n) is 3.64. The lowest BCUT2D eigenvalue weighted by atomic mass is 10.1. The van der Waals surface area contributed by atoms with Gasteiger partial charge in [0.25, 0.3) is 0 Å². The molecule has 0 radical (unpaired) electrons. The summed E-state index contributed by atoms with van der Waals surface area (Å²) >= 11 is 0. The predicted octanol–water partition coefficient (Wildman–Crippen LogP) is -1.60. The highest BCUT2D eigenvalue weighted by Gasteiger charge is 2.45. The molecule has 0 aliphatic carbocycles. The monoisotopic (exact) mass is 245 g/mol. The van der Waals surface area contributed by atoms with Crippen molar-refractivity contribution in [1.29, 1.82) is 0 Å². The van der Waals surface area contributed by atoms with Gasteiger partial charge in [0.1, 0.15) is 18.3 Å². The lowest BCUT2D eigenvalue weighted by molar-refractivity contribution is -0.390. The van der Waals surface area contributed by atoms with Crippen LogP contribution in [-0.2, 0) is 4.74 Å². The van der Waals surface area contributed by atoms with Crippen LogP contribution in [-0.4, -0.2) is 54.9 Å². The summed E-state index contributed by atoms with van der Waals surface area (Å²) in [6.07, 6.45) is -3.27. The van der Waals surface area contributed by atoms with Crippen LogP contribution in [0.3, 0.4) is 0 Å². The van der Waals surface area contributed by atoms with Crippen LogP contribution in [0.15, 0.2) is 12.3 Å². The second-order valence-corrected chi connectivity index (χ2v) is 3.64. The minimum Gasteiger partial charge on any atom is -0.394 e. The summed E-state index contributed by atoms with van der Waals surface area (Å²) in [5.74, 6) is -0.386. The molecule has 0 bridgehead atoms. The van der Waals surface area contributed by atoms with E-state index in [4.69, 9.17) is 9.84 Å². The molecule has 2 heterocycles. The van der Waals surface area contributed by atoms with Gasteiger partial charge in [0, 0.05) is 0 Å². The van der Waals surface area contributed by atoms with E-state index in [1.807, 2.05) is 0 Å². The van der Waals surface area contributed by atoms with Crippen molar-refractivity contribution in [2.45, 2.75) is 24.5 Å². The average Bonchev–Trinajstić information content (AvgIpc) is 2.87. The number of hydrogen-bond donors (Lipinski definition) is 3. The third-order valence-electron chi connectivity index (χ3n) is 2.56. The third kappa shape index (κ3) is 2.00. The van der Waals surface area contributed by atoms with E-state index >= 15 is 0 Å². The molecule has 2 rings (SSSR count). The van der Waals surface area contributed by atoms with Crippen LogP contribution in [0.25, 0.3) is 0 Å². The molecule has 1 aromatic rings. The lowest BCUT2D eigenvalue weighted by Gasteiger charge is -2.11. The number of hydrogen-bond acceptors (Lipinski definition) is 7. The first-order chi connectivity index (χ1) is 8.04. The van der Waals surface area contributed by atoms with Gasteiger partial charge in [-0.3, -0.25) is 0 Å². The van der Waals surface area contributed by atoms with Crippen molar-refractivity contribution in [3.63, 3.8) is 0 Å². The van der Waals surface area contributed by atoms with E-state index in [1.54, 1.807) is 0 Å². The number of rotatable bonds is 3. The Morgan fingerprint density at radius 3 is 2.71 bits per heavy atom. The number of nitrogens with zero attached hydrogens (tertiary/aromatic N) is 3. The molecule has 1 saturated heterocycles. The quantitative estimate of drug-likeness (QED) is 0.431. The average molecular weight is 245 g/mol. The lowest BCUT2D eigenvalue weighted by Crippen LogP contribution is -2.33. The maximum Gasteiger partial charge on any atom is 0.390 e. The van der Waals surface area contributed by atoms with Crippen molar-refractivity contribution in [2.24, 2.45) is 0 Å². The molecule has 94 valence electrons. The zero-order chi connectivity index (χ0) is 12.6. The van der Waals surface area contributed by atoms with Gasteiger partial charge in [-0.2, -0.15) is 0 Å². The molecule has 0 aromatic carbocycles. The van der Waals surface area contributed by atoms with Crippen molar-refractivity contribution in [1.82, 2.24) is 9.78 Å². The number of aliphatic hydroxyl groups excluding tert-OH is 3. The van der Waals surface area contributed by atoms with Crippen LogP contribution < -0.4 is 0 Å². The van der Waals surface area contributed by atoms with Crippen molar-refractivity contribution < 1.29 is 25.0 Å². The Kier molecular flexibility index (Phi) is 3.07. The Morgan fingerprint density at radius 2 is 2.24 bits per heavy atom. The zero-order valence-corrected chi connectivity index (χ0v) is 8.58. The molecule has 9 heteroatoms. The molecule has 1 aromatic heterocycles. The molecule has 9 nitrogen and oxygen atoms in total. The first-order valence-corrected chi connectivity index (χ1v) is 4.86. The molecule has 0 saturated carbocycles. The summed E-state index contributed by atoms with van der Waals surface area (Å²) < 4.78 is 6.19. The van der Waals surface area contributed by atoms with Gasteiger partial charge >= 0.3 is 5.82 Å². The molecule has 0 spiro atoms. The minimum atomic E-state index is -1.30. The summed E-state index contributed by atoms with van der Waals surface area (Å²) in [6, 6.07) is 1.15. The normalized spacial score (nSPS) is 32.9. The van der Waals surface area contributed by atoms with Gasteiger partial charge in [0.2, 0.25) is 0 Å². The van der Waals surface area contributed by atoms with Crippen LogP contribution in [0.2, 0.25) is 0 Å². The largest absolute Gasteiger partial charge is 0.394 e. The van der Waals surface area contributed by atoms with Gasteiger partial charge in [-0.1, -0.05) is 0 Å². The topological polar surface area (TPSA) is 131 Å². The summed E-state index contributed by atoms with van der Waals surface area (Å²) in [7, 11) is 0. The minimum absolute atomic E-state index is 0.386. The second kappa shape index (κ2) is 4.37. The fourth-order valence-electron chi connectivity index (χ4n) is 1.67. The third-order valence-corrected chi connectivity index (χ3v) is 2.56. The van der Waals surface area contributed by atoms with E-state index < -0.39 is 36.1 Å². The van der Waals surface area contributed by atoms with E-state index in [0.29, 0.717) is 0 Å². The van der Waals surface area contributed by atoms with Crippen LogP contribution >= 0.6 is 0 Å². The van der Waals surface area contributed by atoms with Gasteiger partial charge < -0.3 is 30.2 Å². The molecular formula is C8H11N3O6. The first-order valence-electron chi connectivity index (χ1n) is 4.86. The molecular weight excluding hydrogens is 234 g/mol. The smallest absolute Gasteiger partial charge is 0.390 e. The van der Waals surface area contributed by atoms with E-state index in [-0.39, 0.29) is 5.82 Å². The maximum absolute atomic E-state index is 10.4. The fourth-order valence-corrected chi connectivity index (χ4v) is 1.67. The molecule has 3 N–H and O–H groups in total. The summed E-state index contributed by atoms with van der Waals surface area (Å²) in [4.78, 5) is 9.75. The number of aromatic nitrogens is 2. The van der Waals surface area contributed by atoms with Crippen LogP contribution in [0.4, 0.5) is 5.82 Å². The Balaban J connectivity index is 2.19. The Bertz CT molecular complexity index is 421. The van der Waals surface area contributed by atoms with Crippen LogP contribution in [0.1, 0.15) is 6.23 Å². The Hall–Kier alpha value is -1.55. The molecule has 4 atom stereocenters. The van der Waals surface area contributed by atoms with Gasteiger partial charge in [-0.15, -0.1) is 4.68 Å². The van der Waals surface area contributed by atoms with Crippen molar-refractivity contribution in [3.8, 4) is 0 Å². The highest BCUT2D eigenvalue weighted by atomic mass is 16.6. The van der Waals surface area contributed by atoms with Gasteiger partial charge in [0.15, 0.2) is 6.23 Å². The first kappa shape index (κ1) is 11.9. The van der Waals surface area contributed by atoms with E-state index in [0.717, 1.165) is 10.7 Å². The van der Waals surface area contributed by atoms with Crippen molar-refractivity contribution in [3.05, 3.63) is 22.4 Å². The SMILES string of the molecule is O=[N+]([O-])c1ccn([C@H]2O[C@@H](CO)[C@H](O)[C@@H]2O)n1. The summed E-state index contributed by atoms with van der Waals surface area (Å²) in [6.45, 7) is -0.460. The summed E-state index contributed by atoms with van der Waals surface area (Å²) in [5.41, 5.74) is 0. The highest BCUT2D eigenvalue weighted by molar-refractivity contribution is 5.14. The zero-order valence-electron chi connectivity index (χ0n) is 8.58. The Morgan fingerprint density at radius 1 is 1.53 bits per heavy atom. The van der Waals surface area contributed by atoms with Gasteiger partial charge in [0.05, 0.1) is 24.0 Å². The van der Waals surface area contributed by atoms with Crippen LogP contribution in [0.5, 0.6) is 0 Å². The highest BCUT2D eigenvalue weighted by Crippen LogP contribution is 2.29. The molecule has 1 aliphatic rings. The van der Waals surface area contributed by atoms with Gasteiger partial charge in [-0.05, 0) is 4.92 Å². The maximum atomic E-state index is 10.4. The fraction of sp³-hybridized carbons (Fsp3) is 0.625. The van der Waals surface area contributed by atoms with E-state index in [2.05, 4.69) is 5.10 Å². The number of ether oxygens (including phenoxy) is 1. The molecule has 1 aliphatic heterocycles. The number of aliphatic hydroxyl groups is 3. The standard InChI is InChI=1S/C8H11N3O6/c12-3-4-6(13)7(14)8(17-4)10-2-1-5(9-10)11(15)16/h1-2,4,6-8,12-14H,3H2/t4-,6-,7-,8-/m0/s1. The molecule has 0 amide bonds. The Labute approximate surface area is 95.0 Å². The van der Waals surface area contributed by atoms with E-state index in [1.165, 1.54) is 6.20 Å².